The molecule has 0 radical (unpaired) electrons. The Morgan fingerprint density at radius 2 is 1.85 bits per heavy atom. The van der Waals surface area contributed by atoms with Gasteiger partial charge in [0.05, 0.1) is 18.2 Å². The van der Waals surface area contributed by atoms with E-state index in [1.807, 2.05) is 70.2 Å². The average molecular weight is 531 g/mol. The van der Waals surface area contributed by atoms with Crippen LogP contribution in [0.4, 0.5) is 5.69 Å². The maximum Gasteiger partial charge on any atom is 0.260 e. The van der Waals surface area contributed by atoms with Crippen molar-refractivity contribution in [2.75, 3.05) is 17.1 Å². The fourth-order valence-corrected chi connectivity index (χ4v) is 4.93. The van der Waals surface area contributed by atoms with Crippen molar-refractivity contribution in [2.45, 2.75) is 27.7 Å². The molecule has 0 spiro atoms. The van der Waals surface area contributed by atoms with Crippen LogP contribution in [0.15, 0.2) is 58.1 Å². The SMILES string of the molecule is Cc1ccc(C)c(N(CC(=O)N/N=C\c2cc(C)n(-c3cccc(Br)c3)c2C)S(C)(=O)=O)c1. The van der Waals surface area contributed by atoms with Crippen LogP contribution in [0.25, 0.3) is 5.69 Å². The number of carbonyl (C=O) groups is 1. The highest BCUT2D eigenvalue weighted by Gasteiger charge is 2.22. The summed E-state index contributed by atoms with van der Waals surface area (Å²) in [5.74, 6) is -0.529. The molecule has 0 aliphatic heterocycles. The van der Waals surface area contributed by atoms with Gasteiger partial charge >= 0.3 is 0 Å². The third kappa shape index (κ3) is 5.91. The Morgan fingerprint density at radius 3 is 2.52 bits per heavy atom. The van der Waals surface area contributed by atoms with Crippen LogP contribution in [0, 0.1) is 27.7 Å². The summed E-state index contributed by atoms with van der Waals surface area (Å²) in [5, 5.41) is 4.07. The van der Waals surface area contributed by atoms with Crippen molar-refractivity contribution in [3.05, 3.63) is 81.1 Å². The first-order valence-corrected chi connectivity index (χ1v) is 12.9. The number of aryl methyl sites for hydroxylation is 3. The lowest BCUT2D eigenvalue weighted by atomic mass is 10.1. The van der Waals surface area contributed by atoms with Gasteiger partial charge in [0, 0.05) is 27.1 Å². The van der Waals surface area contributed by atoms with Gasteiger partial charge in [-0.05, 0) is 69.2 Å². The molecule has 174 valence electrons. The third-order valence-electron chi connectivity index (χ3n) is 5.25. The highest BCUT2D eigenvalue weighted by molar-refractivity contribution is 9.10. The summed E-state index contributed by atoms with van der Waals surface area (Å²) >= 11 is 3.50. The average Bonchev–Trinajstić information content (AvgIpc) is 3.00. The van der Waals surface area contributed by atoms with Gasteiger partial charge in [-0.3, -0.25) is 9.10 Å². The van der Waals surface area contributed by atoms with E-state index in [-0.39, 0.29) is 6.54 Å². The van der Waals surface area contributed by atoms with Crippen LogP contribution in [0.2, 0.25) is 0 Å². The number of nitrogens with one attached hydrogen (secondary N) is 1. The van der Waals surface area contributed by atoms with E-state index < -0.39 is 15.9 Å². The van der Waals surface area contributed by atoms with Crippen LogP contribution < -0.4 is 9.73 Å². The molecule has 1 heterocycles. The Morgan fingerprint density at radius 1 is 1.12 bits per heavy atom. The molecule has 2 aromatic carbocycles. The summed E-state index contributed by atoms with van der Waals surface area (Å²) in [6.45, 7) is 7.29. The Bertz CT molecular complexity index is 1330. The van der Waals surface area contributed by atoms with Crippen molar-refractivity contribution < 1.29 is 13.2 Å². The molecule has 9 heteroatoms. The number of anilines is 1. The number of amides is 1. The maximum absolute atomic E-state index is 12.5. The number of nitrogens with zero attached hydrogens (tertiary/aromatic N) is 3. The van der Waals surface area contributed by atoms with E-state index in [2.05, 4.69) is 31.0 Å². The second-order valence-electron chi connectivity index (χ2n) is 7.99. The first kappa shape index (κ1) is 24.7. The van der Waals surface area contributed by atoms with Crippen molar-refractivity contribution in [2.24, 2.45) is 5.10 Å². The molecule has 1 amide bonds. The van der Waals surface area contributed by atoms with E-state index in [1.54, 1.807) is 12.3 Å². The Balaban J connectivity index is 1.77. The Kier molecular flexibility index (Phi) is 7.44. The van der Waals surface area contributed by atoms with E-state index in [4.69, 9.17) is 0 Å². The molecule has 0 aliphatic rings. The second kappa shape index (κ2) is 9.93. The standard InChI is InChI=1S/C24H27BrN4O3S/c1-16-9-10-17(2)23(11-16)28(33(5,31)32)15-24(30)27-26-14-20-12-18(3)29(19(20)4)22-8-6-7-21(25)13-22/h6-14H,15H2,1-5H3,(H,27,30)/b26-14-. The zero-order chi connectivity index (χ0) is 24.3. The van der Waals surface area contributed by atoms with E-state index >= 15 is 0 Å². The van der Waals surface area contributed by atoms with Crippen molar-refractivity contribution in [3.63, 3.8) is 0 Å². The molecule has 0 atom stereocenters. The minimum atomic E-state index is -3.66. The monoisotopic (exact) mass is 530 g/mol. The minimum absolute atomic E-state index is 0.364. The molecule has 0 saturated heterocycles. The smallest absolute Gasteiger partial charge is 0.260 e. The fraction of sp³-hybridized carbons (Fsp3) is 0.250. The van der Waals surface area contributed by atoms with E-state index in [1.165, 1.54) is 0 Å². The molecular formula is C24H27BrN4O3S. The normalized spacial score (nSPS) is 11.7. The predicted molar refractivity (Wildman–Crippen MR) is 137 cm³/mol. The molecule has 0 saturated carbocycles. The molecule has 3 aromatic rings. The molecule has 1 aromatic heterocycles. The number of benzene rings is 2. The number of rotatable bonds is 7. The molecule has 0 bridgehead atoms. The van der Waals surface area contributed by atoms with Crippen LogP contribution in [-0.4, -0.2) is 37.9 Å². The maximum atomic E-state index is 12.5. The summed E-state index contributed by atoms with van der Waals surface area (Å²) in [6, 6.07) is 15.4. The number of hydrogen-bond donors (Lipinski definition) is 1. The number of hydrazone groups is 1. The zero-order valence-electron chi connectivity index (χ0n) is 19.3. The van der Waals surface area contributed by atoms with Crippen molar-refractivity contribution >= 4 is 43.8 Å². The van der Waals surface area contributed by atoms with Gasteiger partial charge in [-0.1, -0.05) is 34.1 Å². The first-order chi connectivity index (χ1) is 15.5. The van der Waals surface area contributed by atoms with Crippen LogP contribution in [-0.2, 0) is 14.8 Å². The van der Waals surface area contributed by atoms with E-state index in [0.29, 0.717) is 5.69 Å². The lowest BCUT2D eigenvalue weighted by molar-refractivity contribution is -0.119. The number of hydrogen-bond acceptors (Lipinski definition) is 4. The summed E-state index contributed by atoms with van der Waals surface area (Å²) in [4.78, 5) is 12.5. The van der Waals surface area contributed by atoms with Crippen LogP contribution in [0.1, 0.15) is 28.1 Å². The molecule has 3 rings (SSSR count). The third-order valence-corrected chi connectivity index (χ3v) is 6.87. The molecule has 0 unspecified atom stereocenters. The van der Waals surface area contributed by atoms with E-state index in [0.717, 1.165) is 48.8 Å². The van der Waals surface area contributed by atoms with Crippen LogP contribution in [0.3, 0.4) is 0 Å². The van der Waals surface area contributed by atoms with Crippen molar-refractivity contribution in [3.8, 4) is 5.69 Å². The van der Waals surface area contributed by atoms with Gasteiger partial charge in [0.15, 0.2) is 0 Å². The lowest BCUT2D eigenvalue weighted by Gasteiger charge is -2.23. The predicted octanol–water partition coefficient (Wildman–Crippen LogP) is 4.39. The van der Waals surface area contributed by atoms with Gasteiger partial charge in [-0.25, -0.2) is 13.8 Å². The number of carbonyl (C=O) groups excluding carboxylic acids is 1. The van der Waals surface area contributed by atoms with Gasteiger partial charge in [0.25, 0.3) is 5.91 Å². The van der Waals surface area contributed by atoms with Gasteiger partial charge in [0.2, 0.25) is 10.0 Å². The van der Waals surface area contributed by atoms with Gasteiger partial charge in [0.1, 0.15) is 6.54 Å². The minimum Gasteiger partial charge on any atom is -0.318 e. The topological polar surface area (TPSA) is 83.8 Å². The summed E-state index contributed by atoms with van der Waals surface area (Å²) in [6.07, 6.45) is 2.65. The fourth-order valence-electron chi connectivity index (χ4n) is 3.64. The number of aromatic nitrogens is 1. The molecular weight excluding hydrogens is 504 g/mol. The highest BCUT2D eigenvalue weighted by Crippen LogP contribution is 2.24. The quantitative estimate of drug-likeness (QED) is 0.363. The highest BCUT2D eigenvalue weighted by atomic mass is 79.9. The van der Waals surface area contributed by atoms with Gasteiger partial charge in [-0.2, -0.15) is 5.10 Å². The Labute approximate surface area is 203 Å². The molecule has 33 heavy (non-hydrogen) atoms. The van der Waals surface area contributed by atoms with Crippen LogP contribution >= 0.6 is 15.9 Å². The largest absolute Gasteiger partial charge is 0.318 e. The van der Waals surface area contributed by atoms with Crippen molar-refractivity contribution in [1.29, 1.82) is 0 Å². The van der Waals surface area contributed by atoms with E-state index in [9.17, 15) is 13.2 Å². The van der Waals surface area contributed by atoms with Crippen LogP contribution in [0.5, 0.6) is 0 Å². The summed E-state index contributed by atoms with van der Waals surface area (Å²) in [7, 11) is -3.66. The lowest BCUT2D eigenvalue weighted by Crippen LogP contribution is -2.39. The van der Waals surface area contributed by atoms with Gasteiger partial charge < -0.3 is 4.57 Å². The van der Waals surface area contributed by atoms with Crippen molar-refractivity contribution in [1.82, 2.24) is 9.99 Å². The first-order valence-electron chi connectivity index (χ1n) is 10.3. The summed E-state index contributed by atoms with van der Waals surface area (Å²) in [5.41, 5.74) is 8.46. The molecule has 0 fully saturated rings. The molecule has 7 nitrogen and oxygen atoms in total. The van der Waals surface area contributed by atoms with Gasteiger partial charge in [-0.15, -0.1) is 0 Å². The number of sulfonamides is 1. The zero-order valence-corrected chi connectivity index (χ0v) is 21.7. The molecule has 1 N–H and O–H groups in total. The summed E-state index contributed by atoms with van der Waals surface area (Å²) < 4.78 is 28.9. The Hall–Kier alpha value is -2.91. The number of halogens is 1. The molecule has 0 aliphatic carbocycles. The second-order valence-corrected chi connectivity index (χ2v) is 10.8.